The van der Waals surface area contributed by atoms with E-state index in [1.165, 1.54) is 22.2 Å². The van der Waals surface area contributed by atoms with Gasteiger partial charge in [0.15, 0.2) is 0 Å². The predicted octanol–water partition coefficient (Wildman–Crippen LogP) is 3.63. The van der Waals surface area contributed by atoms with Crippen molar-refractivity contribution in [1.29, 1.82) is 0 Å². The molecule has 6 nitrogen and oxygen atoms in total. The molecule has 136 valence electrons. The summed E-state index contributed by atoms with van der Waals surface area (Å²) in [5.74, 6) is -0.179. The molecule has 1 amide bonds. The lowest BCUT2D eigenvalue weighted by Gasteiger charge is -2.20. The van der Waals surface area contributed by atoms with Crippen LogP contribution in [0.4, 0.5) is 5.69 Å². The normalized spacial score (nSPS) is 11.0. The molecule has 0 N–H and O–H groups in total. The molecule has 8 heteroatoms. The van der Waals surface area contributed by atoms with Gasteiger partial charge in [-0.05, 0) is 30.5 Å². The van der Waals surface area contributed by atoms with Gasteiger partial charge in [-0.25, -0.2) is 4.98 Å². The molecule has 0 aliphatic carbocycles. The highest BCUT2D eigenvalue weighted by atomic mass is 32.1. The number of hydrogen-bond acceptors (Lipinski definition) is 6. The van der Waals surface area contributed by atoms with Crippen LogP contribution in [0.5, 0.6) is 0 Å². The van der Waals surface area contributed by atoms with Crippen LogP contribution in [-0.2, 0) is 11.3 Å². The van der Waals surface area contributed by atoms with Gasteiger partial charge in [0.1, 0.15) is 11.4 Å². The quantitative estimate of drug-likeness (QED) is 0.517. The number of amides is 1. The fourth-order valence-corrected chi connectivity index (χ4v) is 4.66. The molecule has 0 spiro atoms. The summed E-state index contributed by atoms with van der Waals surface area (Å²) >= 11 is 3.02. The molecule has 0 radical (unpaired) electrons. The highest BCUT2D eigenvalue weighted by Gasteiger charge is 2.18. The Morgan fingerprint density at radius 2 is 2.15 bits per heavy atom. The van der Waals surface area contributed by atoms with E-state index in [0.717, 1.165) is 10.4 Å². The van der Waals surface area contributed by atoms with Crippen molar-refractivity contribution >= 4 is 44.5 Å². The average Bonchev–Trinajstić information content (AvgIpc) is 3.35. The number of thiophene rings is 2. The number of carbonyl (C=O) groups excluding carboxylic acids is 1. The first-order valence-corrected chi connectivity index (χ1v) is 10.2. The third kappa shape index (κ3) is 3.29. The van der Waals surface area contributed by atoms with Crippen LogP contribution in [0.1, 0.15) is 6.92 Å². The Morgan fingerprint density at radius 1 is 1.26 bits per heavy atom. The molecule has 0 fully saturated rings. The van der Waals surface area contributed by atoms with Crippen LogP contribution < -0.4 is 10.5 Å². The Morgan fingerprint density at radius 3 is 2.85 bits per heavy atom. The lowest BCUT2D eigenvalue weighted by molar-refractivity contribution is -0.119. The summed E-state index contributed by atoms with van der Waals surface area (Å²) in [4.78, 5) is 37.6. The Balaban J connectivity index is 1.70. The fraction of sp³-hybridized carbons (Fsp3) is 0.158. The van der Waals surface area contributed by atoms with Gasteiger partial charge in [-0.2, -0.15) is 0 Å². The van der Waals surface area contributed by atoms with Crippen LogP contribution in [-0.4, -0.2) is 27.0 Å². The fourth-order valence-electron chi connectivity index (χ4n) is 2.94. The SMILES string of the molecule is CCN(C(=O)Cn1cnc2scc(-c3cccs3)c2c1=O)c1cccnc1. The number of carbonyl (C=O) groups is 1. The number of aromatic nitrogens is 3. The minimum Gasteiger partial charge on any atom is -0.310 e. The van der Waals surface area contributed by atoms with Gasteiger partial charge in [0.05, 0.1) is 23.6 Å². The second-order valence-corrected chi connectivity index (χ2v) is 7.64. The van der Waals surface area contributed by atoms with Crippen LogP contribution in [0.3, 0.4) is 0 Å². The topological polar surface area (TPSA) is 68.1 Å². The second-order valence-electron chi connectivity index (χ2n) is 5.83. The van der Waals surface area contributed by atoms with Crippen LogP contribution in [0.2, 0.25) is 0 Å². The molecule has 0 saturated carbocycles. The van der Waals surface area contributed by atoms with Gasteiger partial charge >= 0.3 is 0 Å². The van der Waals surface area contributed by atoms with Crippen LogP contribution in [0.15, 0.2) is 58.5 Å². The number of likely N-dealkylation sites (N-methyl/N-ethyl adjacent to an activating group) is 1. The molecular formula is C19H16N4O2S2. The smallest absolute Gasteiger partial charge is 0.263 e. The minimum absolute atomic E-state index is 0.0652. The molecule has 0 aliphatic heterocycles. The van der Waals surface area contributed by atoms with Crippen molar-refractivity contribution in [1.82, 2.24) is 14.5 Å². The van der Waals surface area contributed by atoms with E-state index in [4.69, 9.17) is 0 Å². The molecule has 0 aliphatic rings. The maximum Gasteiger partial charge on any atom is 0.263 e. The number of anilines is 1. The summed E-state index contributed by atoms with van der Waals surface area (Å²) in [5.41, 5.74) is 1.39. The second kappa shape index (κ2) is 7.42. The predicted molar refractivity (Wildman–Crippen MR) is 109 cm³/mol. The zero-order chi connectivity index (χ0) is 18.8. The van der Waals surface area contributed by atoms with Crippen LogP contribution >= 0.6 is 22.7 Å². The third-order valence-corrected chi connectivity index (χ3v) is 6.02. The molecule has 4 rings (SSSR count). The molecule has 4 aromatic rings. The average molecular weight is 396 g/mol. The van der Waals surface area contributed by atoms with Crippen molar-refractivity contribution < 1.29 is 4.79 Å². The van der Waals surface area contributed by atoms with Crippen LogP contribution in [0.25, 0.3) is 20.7 Å². The van der Waals surface area contributed by atoms with Crippen molar-refractivity contribution in [3.8, 4) is 10.4 Å². The van der Waals surface area contributed by atoms with E-state index < -0.39 is 0 Å². The van der Waals surface area contributed by atoms with Gasteiger partial charge in [-0.1, -0.05) is 6.07 Å². The highest BCUT2D eigenvalue weighted by Crippen LogP contribution is 2.33. The summed E-state index contributed by atoms with van der Waals surface area (Å²) in [5, 5.41) is 4.50. The zero-order valence-corrected chi connectivity index (χ0v) is 16.2. The number of pyridine rings is 1. The minimum atomic E-state index is -0.194. The Kier molecular flexibility index (Phi) is 4.83. The van der Waals surface area contributed by atoms with Gasteiger partial charge < -0.3 is 4.90 Å². The summed E-state index contributed by atoms with van der Waals surface area (Å²) in [6, 6.07) is 7.54. The highest BCUT2D eigenvalue weighted by molar-refractivity contribution is 7.18. The van der Waals surface area contributed by atoms with E-state index in [0.29, 0.717) is 22.4 Å². The van der Waals surface area contributed by atoms with Crippen molar-refractivity contribution in [2.24, 2.45) is 0 Å². The summed E-state index contributed by atoms with van der Waals surface area (Å²) in [6.07, 6.45) is 4.75. The number of rotatable bonds is 5. The van der Waals surface area contributed by atoms with Gasteiger partial charge in [-0.15, -0.1) is 22.7 Å². The van der Waals surface area contributed by atoms with Crippen LogP contribution in [0, 0.1) is 0 Å². The molecule has 0 bridgehead atoms. The van der Waals surface area contributed by atoms with Gasteiger partial charge in [0.2, 0.25) is 5.91 Å². The maximum atomic E-state index is 13.0. The van der Waals surface area contributed by atoms with E-state index in [2.05, 4.69) is 9.97 Å². The molecule has 0 unspecified atom stereocenters. The van der Waals surface area contributed by atoms with E-state index >= 15 is 0 Å². The molecule has 0 aromatic carbocycles. The summed E-state index contributed by atoms with van der Waals surface area (Å²) < 4.78 is 1.38. The molecule has 4 aromatic heterocycles. The summed E-state index contributed by atoms with van der Waals surface area (Å²) in [6.45, 7) is 2.32. The van der Waals surface area contributed by atoms with Gasteiger partial charge in [-0.3, -0.25) is 19.1 Å². The Hall–Kier alpha value is -2.84. The zero-order valence-electron chi connectivity index (χ0n) is 14.5. The number of nitrogens with zero attached hydrogens (tertiary/aromatic N) is 4. The molecule has 27 heavy (non-hydrogen) atoms. The number of hydrogen-bond donors (Lipinski definition) is 0. The first-order chi connectivity index (χ1) is 13.2. The van der Waals surface area contributed by atoms with Gasteiger partial charge in [0.25, 0.3) is 5.56 Å². The largest absolute Gasteiger partial charge is 0.310 e. The lowest BCUT2D eigenvalue weighted by Crippen LogP contribution is -2.36. The van der Waals surface area contributed by atoms with Crippen molar-refractivity contribution in [2.75, 3.05) is 11.4 Å². The maximum absolute atomic E-state index is 13.0. The van der Waals surface area contributed by atoms with Crippen molar-refractivity contribution in [3.63, 3.8) is 0 Å². The third-order valence-electron chi connectivity index (χ3n) is 4.23. The van der Waals surface area contributed by atoms with Crippen molar-refractivity contribution in [2.45, 2.75) is 13.5 Å². The Labute approximate surface area is 163 Å². The first-order valence-electron chi connectivity index (χ1n) is 8.40. The Bertz CT molecular complexity index is 1130. The molecule has 4 heterocycles. The van der Waals surface area contributed by atoms with Gasteiger partial charge in [0, 0.05) is 28.6 Å². The molecule has 0 saturated heterocycles. The lowest BCUT2D eigenvalue weighted by atomic mass is 10.2. The van der Waals surface area contributed by atoms with E-state index in [9.17, 15) is 9.59 Å². The monoisotopic (exact) mass is 396 g/mol. The standard InChI is InChI=1S/C19H16N4O2S2/c1-2-23(13-5-3-7-20-9-13)16(24)10-22-12-21-18-17(19(22)25)14(11-27-18)15-6-4-8-26-15/h3-9,11-12H,2,10H2,1H3. The van der Waals surface area contributed by atoms with E-state index in [-0.39, 0.29) is 18.0 Å². The van der Waals surface area contributed by atoms with E-state index in [1.54, 1.807) is 34.7 Å². The van der Waals surface area contributed by atoms with Crippen molar-refractivity contribution in [3.05, 3.63) is 64.1 Å². The summed E-state index contributed by atoms with van der Waals surface area (Å²) in [7, 11) is 0. The molecular weight excluding hydrogens is 380 g/mol. The first kappa shape index (κ1) is 17.6. The number of fused-ring (bicyclic) bond motifs is 1. The molecule has 0 atom stereocenters. The van der Waals surface area contributed by atoms with E-state index in [1.807, 2.05) is 35.9 Å².